The average Bonchev–Trinajstić information content (AvgIpc) is 2.34. The molecule has 0 radical (unpaired) electrons. The van der Waals surface area contributed by atoms with Crippen LogP contribution in [0.25, 0.3) is 0 Å². The number of aromatic nitrogens is 2. The van der Waals surface area contributed by atoms with Crippen molar-refractivity contribution in [1.82, 2.24) is 15.3 Å². The van der Waals surface area contributed by atoms with Gasteiger partial charge in [-0.15, -0.1) is 0 Å². The largest absolute Gasteiger partial charge is 0.480 e. The van der Waals surface area contributed by atoms with Crippen LogP contribution in [0.1, 0.15) is 6.92 Å². The van der Waals surface area contributed by atoms with Gasteiger partial charge in [0.25, 0.3) is 0 Å². The van der Waals surface area contributed by atoms with E-state index in [1.54, 1.807) is 13.3 Å². The number of hydrogen-bond donors (Lipinski definition) is 1. The minimum Gasteiger partial charge on any atom is -0.480 e. The van der Waals surface area contributed by atoms with E-state index >= 15 is 0 Å². The Morgan fingerprint density at radius 1 is 1.65 bits per heavy atom. The molecule has 1 N–H and O–H groups in total. The quantitative estimate of drug-likeness (QED) is 0.865. The first-order valence-electron chi connectivity index (χ1n) is 5.24. The summed E-state index contributed by atoms with van der Waals surface area (Å²) in [5, 5.41) is 2.79. The summed E-state index contributed by atoms with van der Waals surface area (Å²) in [6.45, 7) is 3.12. The van der Waals surface area contributed by atoms with E-state index < -0.39 is 0 Å². The standard InChI is InChI=1S/C10H13BrN4O2/c1-6-8(16)12-3-4-15(6)10-13-5-7(11)9(14-10)17-2/h5-6H,3-4H2,1-2H3,(H,12,16). The summed E-state index contributed by atoms with van der Waals surface area (Å²) in [5.41, 5.74) is 0. The molecular weight excluding hydrogens is 288 g/mol. The van der Waals surface area contributed by atoms with Crippen molar-refractivity contribution in [3.05, 3.63) is 10.7 Å². The van der Waals surface area contributed by atoms with Crippen LogP contribution in [0.3, 0.4) is 0 Å². The summed E-state index contributed by atoms with van der Waals surface area (Å²) in [6.07, 6.45) is 1.63. The number of anilines is 1. The van der Waals surface area contributed by atoms with Gasteiger partial charge in [0.1, 0.15) is 6.04 Å². The minimum absolute atomic E-state index is 0.0123. The summed E-state index contributed by atoms with van der Waals surface area (Å²) in [5.74, 6) is 0.960. The number of nitrogens with one attached hydrogen (secondary N) is 1. The number of ether oxygens (including phenoxy) is 1. The normalized spacial score (nSPS) is 20.1. The van der Waals surface area contributed by atoms with Crippen molar-refractivity contribution in [3.8, 4) is 5.88 Å². The fourth-order valence-corrected chi connectivity index (χ4v) is 2.03. The molecule has 0 aliphatic carbocycles. The predicted octanol–water partition coefficient (Wildman–Crippen LogP) is 0.572. The van der Waals surface area contributed by atoms with Gasteiger partial charge in [0.15, 0.2) is 0 Å². The summed E-state index contributed by atoms with van der Waals surface area (Å²) in [6, 6.07) is -0.269. The van der Waals surface area contributed by atoms with E-state index in [1.165, 1.54) is 0 Å². The predicted molar refractivity (Wildman–Crippen MR) is 66.1 cm³/mol. The van der Waals surface area contributed by atoms with Gasteiger partial charge in [-0.05, 0) is 22.9 Å². The number of halogens is 1. The van der Waals surface area contributed by atoms with Gasteiger partial charge in [-0.1, -0.05) is 0 Å². The Labute approximate surface area is 108 Å². The molecule has 92 valence electrons. The molecule has 17 heavy (non-hydrogen) atoms. The van der Waals surface area contributed by atoms with Gasteiger partial charge in [0, 0.05) is 13.1 Å². The molecule has 2 heterocycles. The van der Waals surface area contributed by atoms with Crippen molar-refractivity contribution in [2.75, 3.05) is 25.1 Å². The molecule has 1 aromatic heterocycles. The van der Waals surface area contributed by atoms with E-state index in [1.807, 2.05) is 11.8 Å². The highest BCUT2D eigenvalue weighted by molar-refractivity contribution is 9.10. The van der Waals surface area contributed by atoms with Crippen LogP contribution < -0.4 is 15.0 Å². The van der Waals surface area contributed by atoms with E-state index in [-0.39, 0.29) is 11.9 Å². The van der Waals surface area contributed by atoms with Gasteiger partial charge in [0.05, 0.1) is 17.8 Å². The molecule has 0 saturated carbocycles. The van der Waals surface area contributed by atoms with Crippen molar-refractivity contribution in [2.24, 2.45) is 0 Å². The third kappa shape index (κ3) is 2.33. The number of hydrogen-bond acceptors (Lipinski definition) is 5. The number of carbonyl (C=O) groups is 1. The van der Waals surface area contributed by atoms with Gasteiger partial charge in [-0.3, -0.25) is 4.79 Å². The van der Waals surface area contributed by atoms with E-state index in [0.29, 0.717) is 29.4 Å². The highest BCUT2D eigenvalue weighted by Crippen LogP contribution is 2.24. The maximum atomic E-state index is 11.6. The third-order valence-electron chi connectivity index (χ3n) is 2.65. The number of carbonyl (C=O) groups excluding carboxylic acids is 1. The number of nitrogens with zero attached hydrogens (tertiary/aromatic N) is 3. The minimum atomic E-state index is -0.269. The summed E-state index contributed by atoms with van der Waals surface area (Å²) < 4.78 is 5.81. The van der Waals surface area contributed by atoms with E-state index in [4.69, 9.17) is 4.74 Å². The van der Waals surface area contributed by atoms with Crippen LogP contribution >= 0.6 is 15.9 Å². The zero-order valence-electron chi connectivity index (χ0n) is 9.61. The SMILES string of the molecule is COc1nc(N2CCNC(=O)C2C)ncc1Br. The van der Waals surface area contributed by atoms with Crippen molar-refractivity contribution >= 4 is 27.8 Å². The van der Waals surface area contributed by atoms with Gasteiger partial charge < -0.3 is 15.0 Å². The highest BCUT2D eigenvalue weighted by Gasteiger charge is 2.27. The molecule has 6 nitrogen and oxygen atoms in total. The Hall–Kier alpha value is -1.37. The number of amides is 1. The molecule has 1 fully saturated rings. The van der Waals surface area contributed by atoms with E-state index in [0.717, 1.165) is 0 Å². The Kier molecular flexibility index (Phi) is 3.46. The molecule has 1 aromatic rings. The second-order valence-electron chi connectivity index (χ2n) is 3.69. The van der Waals surface area contributed by atoms with Crippen LogP contribution in [0.15, 0.2) is 10.7 Å². The Morgan fingerprint density at radius 2 is 2.41 bits per heavy atom. The first-order chi connectivity index (χ1) is 8.13. The maximum absolute atomic E-state index is 11.6. The van der Waals surface area contributed by atoms with Crippen LogP contribution in [0.4, 0.5) is 5.95 Å². The average molecular weight is 301 g/mol. The molecule has 1 amide bonds. The molecule has 1 aliphatic rings. The van der Waals surface area contributed by atoms with Gasteiger partial charge in [0.2, 0.25) is 17.7 Å². The zero-order chi connectivity index (χ0) is 12.4. The fraction of sp³-hybridized carbons (Fsp3) is 0.500. The Morgan fingerprint density at radius 3 is 3.12 bits per heavy atom. The van der Waals surface area contributed by atoms with Gasteiger partial charge in [-0.25, -0.2) is 4.98 Å². The summed E-state index contributed by atoms with van der Waals surface area (Å²) >= 11 is 3.29. The first-order valence-corrected chi connectivity index (χ1v) is 6.03. The van der Waals surface area contributed by atoms with Crippen LogP contribution in [-0.2, 0) is 4.79 Å². The van der Waals surface area contributed by atoms with Crippen molar-refractivity contribution < 1.29 is 9.53 Å². The molecule has 0 bridgehead atoms. The van der Waals surface area contributed by atoms with Gasteiger partial charge in [-0.2, -0.15) is 4.98 Å². The van der Waals surface area contributed by atoms with E-state index in [2.05, 4.69) is 31.2 Å². The fourth-order valence-electron chi connectivity index (χ4n) is 1.68. The zero-order valence-corrected chi connectivity index (χ0v) is 11.2. The number of rotatable bonds is 2. The Bertz CT molecular complexity index is 440. The number of piperazine rings is 1. The molecule has 1 aliphatic heterocycles. The van der Waals surface area contributed by atoms with Crippen LogP contribution in [0.2, 0.25) is 0 Å². The topological polar surface area (TPSA) is 67.3 Å². The highest BCUT2D eigenvalue weighted by atomic mass is 79.9. The molecule has 0 spiro atoms. The lowest BCUT2D eigenvalue weighted by molar-refractivity contribution is -0.122. The maximum Gasteiger partial charge on any atom is 0.242 e. The second-order valence-corrected chi connectivity index (χ2v) is 4.54. The molecule has 2 rings (SSSR count). The second kappa shape index (κ2) is 4.87. The first kappa shape index (κ1) is 12.1. The lowest BCUT2D eigenvalue weighted by atomic mass is 10.2. The van der Waals surface area contributed by atoms with Crippen LogP contribution in [0.5, 0.6) is 5.88 Å². The molecular formula is C10H13BrN4O2. The summed E-state index contributed by atoms with van der Waals surface area (Å²) in [4.78, 5) is 21.9. The van der Waals surface area contributed by atoms with Crippen molar-refractivity contribution in [1.29, 1.82) is 0 Å². The summed E-state index contributed by atoms with van der Waals surface area (Å²) in [7, 11) is 1.54. The molecule has 7 heteroatoms. The number of methoxy groups -OCH3 is 1. The lowest BCUT2D eigenvalue weighted by Gasteiger charge is -2.32. The third-order valence-corrected chi connectivity index (χ3v) is 3.19. The smallest absolute Gasteiger partial charge is 0.242 e. The molecule has 1 saturated heterocycles. The molecule has 0 aromatic carbocycles. The monoisotopic (exact) mass is 300 g/mol. The van der Waals surface area contributed by atoms with Crippen molar-refractivity contribution in [3.63, 3.8) is 0 Å². The van der Waals surface area contributed by atoms with E-state index in [9.17, 15) is 4.79 Å². The molecule has 1 unspecified atom stereocenters. The van der Waals surface area contributed by atoms with Crippen LogP contribution in [-0.4, -0.2) is 42.1 Å². The molecule has 1 atom stereocenters. The van der Waals surface area contributed by atoms with Gasteiger partial charge >= 0.3 is 0 Å². The lowest BCUT2D eigenvalue weighted by Crippen LogP contribution is -2.54. The van der Waals surface area contributed by atoms with Crippen LogP contribution in [0, 0.1) is 0 Å². The Balaban J connectivity index is 2.30. The van der Waals surface area contributed by atoms with Crippen molar-refractivity contribution in [2.45, 2.75) is 13.0 Å².